The van der Waals surface area contributed by atoms with Crippen LogP contribution in [0.1, 0.15) is 53.3 Å². The lowest BCUT2D eigenvalue weighted by molar-refractivity contribution is 0.0991. The predicted molar refractivity (Wildman–Crippen MR) is 74.4 cm³/mol. The van der Waals surface area contributed by atoms with Crippen LogP contribution in [0.2, 0.25) is 0 Å². The number of aromatic nitrogens is 2. The van der Waals surface area contributed by atoms with Crippen molar-refractivity contribution in [1.82, 2.24) is 9.97 Å². The van der Waals surface area contributed by atoms with E-state index in [4.69, 9.17) is 0 Å². The molecule has 1 atom stereocenters. The molecule has 3 heteroatoms. The number of imidazole rings is 1. The highest BCUT2D eigenvalue weighted by molar-refractivity contribution is 5.97. The van der Waals surface area contributed by atoms with E-state index in [2.05, 4.69) is 16.9 Å². The second-order valence-electron chi connectivity index (χ2n) is 5.31. The number of aryl methyl sites for hydroxylation is 1. The van der Waals surface area contributed by atoms with Crippen LogP contribution in [0.5, 0.6) is 0 Å². The molecule has 3 rings (SSSR count). The fraction of sp³-hybridized carbons (Fsp3) is 0.375. The van der Waals surface area contributed by atoms with Crippen molar-refractivity contribution < 1.29 is 4.79 Å². The molecule has 0 saturated carbocycles. The predicted octanol–water partition coefficient (Wildman–Crippen LogP) is 3.27. The zero-order valence-corrected chi connectivity index (χ0v) is 11.1. The number of nitrogens with one attached hydrogen (secondary N) is 1. The Labute approximate surface area is 113 Å². The molecule has 3 nitrogen and oxygen atoms in total. The number of hydrogen-bond acceptors (Lipinski definition) is 2. The molecule has 98 valence electrons. The summed E-state index contributed by atoms with van der Waals surface area (Å²) in [6, 6.07) is 9.41. The Hall–Kier alpha value is -1.90. The number of ketones is 1. The van der Waals surface area contributed by atoms with Crippen molar-refractivity contribution in [1.29, 1.82) is 0 Å². The Balaban J connectivity index is 1.79. The van der Waals surface area contributed by atoms with Gasteiger partial charge in [0.1, 0.15) is 5.82 Å². The summed E-state index contributed by atoms with van der Waals surface area (Å²) in [5, 5.41) is 0. The standard InChI is InChI=1S/C16H18N2O/c1-11-6-5-9-13-16(11)18-15(17-13)10-14(19)12-7-3-2-4-8-12/h2-4,7-8,11H,5-6,9-10H2,1H3,(H,17,18). The number of Topliss-reactive ketones (excluding diaryl/α,β-unsaturated/α-hetero) is 1. The number of fused-ring (bicyclic) bond motifs is 1. The van der Waals surface area contributed by atoms with Crippen LogP contribution in [0.15, 0.2) is 30.3 Å². The third-order valence-corrected chi connectivity index (χ3v) is 3.81. The summed E-state index contributed by atoms with van der Waals surface area (Å²) < 4.78 is 0. The smallest absolute Gasteiger partial charge is 0.170 e. The summed E-state index contributed by atoms with van der Waals surface area (Å²) in [5.74, 6) is 1.45. The van der Waals surface area contributed by atoms with E-state index in [1.807, 2.05) is 30.3 Å². The quantitative estimate of drug-likeness (QED) is 0.854. The van der Waals surface area contributed by atoms with E-state index < -0.39 is 0 Å². The average Bonchev–Trinajstić information content (AvgIpc) is 2.84. The summed E-state index contributed by atoms with van der Waals surface area (Å²) in [4.78, 5) is 20.1. The Bertz CT molecular complexity index is 586. The molecule has 1 aliphatic carbocycles. The van der Waals surface area contributed by atoms with E-state index in [1.54, 1.807) is 0 Å². The number of carbonyl (C=O) groups excluding carboxylic acids is 1. The topological polar surface area (TPSA) is 45.8 Å². The van der Waals surface area contributed by atoms with Crippen molar-refractivity contribution in [2.45, 2.75) is 38.5 Å². The molecule has 0 fully saturated rings. The van der Waals surface area contributed by atoms with Crippen molar-refractivity contribution in [3.63, 3.8) is 0 Å². The molecule has 1 aromatic heterocycles. The first kappa shape index (κ1) is 12.2. The van der Waals surface area contributed by atoms with Crippen molar-refractivity contribution in [3.05, 3.63) is 53.1 Å². The van der Waals surface area contributed by atoms with E-state index >= 15 is 0 Å². The van der Waals surface area contributed by atoms with Gasteiger partial charge < -0.3 is 4.98 Å². The first-order valence-corrected chi connectivity index (χ1v) is 6.90. The highest BCUT2D eigenvalue weighted by Crippen LogP contribution is 2.29. The number of benzene rings is 1. The number of hydrogen-bond donors (Lipinski definition) is 1. The lowest BCUT2D eigenvalue weighted by atomic mass is 9.92. The largest absolute Gasteiger partial charge is 0.345 e. The molecule has 0 aliphatic heterocycles. The maximum atomic E-state index is 12.1. The van der Waals surface area contributed by atoms with Crippen molar-refractivity contribution in [2.75, 3.05) is 0 Å². The summed E-state index contributed by atoms with van der Waals surface area (Å²) in [5.41, 5.74) is 3.15. The van der Waals surface area contributed by atoms with E-state index in [0.29, 0.717) is 12.3 Å². The third-order valence-electron chi connectivity index (χ3n) is 3.81. The Kier molecular flexibility index (Phi) is 3.20. The Morgan fingerprint density at radius 2 is 2.16 bits per heavy atom. The van der Waals surface area contributed by atoms with Gasteiger partial charge in [0.05, 0.1) is 12.1 Å². The lowest BCUT2D eigenvalue weighted by Crippen LogP contribution is -2.06. The molecule has 0 bridgehead atoms. The summed E-state index contributed by atoms with van der Waals surface area (Å²) in [6.45, 7) is 2.21. The Morgan fingerprint density at radius 1 is 1.37 bits per heavy atom. The van der Waals surface area contributed by atoms with Crippen LogP contribution in [-0.4, -0.2) is 15.8 Å². The first-order valence-electron chi connectivity index (χ1n) is 6.90. The summed E-state index contributed by atoms with van der Waals surface area (Å²) >= 11 is 0. The molecule has 1 aliphatic rings. The van der Waals surface area contributed by atoms with Crippen molar-refractivity contribution in [2.24, 2.45) is 0 Å². The molecular weight excluding hydrogens is 236 g/mol. The van der Waals surface area contributed by atoms with Crippen LogP contribution in [0.3, 0.4) is 0 Å². The van der Waals surface area contributed by atoms with Crippen LogP contribution in [0, 0.1) is 0 Å². The van der Waals surface area contributed by atoms with Gasteiger partial charge in [0.15, 0.2) is 5.78 Å². The van der Waals surface area contributed by atoms with Crippen molar-refractivity contribution in [3.8, 4) is 0 Å². The first-order chi connectivity index (χ1) is 9.24. The van der Waals surface area contributed by atoms with Crippen LogP contribution in [0.4, 0.5) is 0 Å². The minimum absolute atomic E-state index is 0.124. The molecule has 1 N–H and O–H groups in total. The van der Waals surface area contributed by atoms with Gasteiger partial charge in [-0.2, -0.15) is 0 Å². The molecule has 1 aromatic carbocycles. The molecule has 1 unspecified atom stereocenters. The number of H-pyrrole nitrogens is 1. The SMILES string of the molecule is CC1CCCc2[nH]c(CC(=O)c3ccccc3)nc21. The highest BCUT2D eigenvalue weighted by atomic mass is 16.1. The number of carbonyl (C=O) groups is 1. The van der Waals surface area contributed by atoms with Gasteiger partial charge in [-0.25, -0.2) is 4.98 Å². The van der Waals surface area contributed by atoms with Crippen molar-refractivity contribution >= 4 is 5.78 Å². The zero-order chi connectivity index (χ0) is 13.2. The van der Waals surface area contributed by atoms with E-state index in [0.717, 1.165) is 17.8 Å². The molecular formula is C16H18N2O. The Morgan fingerprint density at radius 3 is 2.89 bits per heavy atom. The number of nitrogens with zero attached hydrogens (tertiary/aromatic N) is 1. The van der Waals surface area contributed by atoms with Gasteiger partial charge in [-0.05, 0) is 19.3 Å². The molecule has 1 heterocycles. The van der Waals surface area contributed by atoms with Crippen LogP contribution >= 0.6 is 0 Å². The number of aromatic amines is 1. The second kappa shape index (κ2) is 5.00. The fourth-order valence-electron chi connectivity index (χ4n) is 2.76. The van der Waals surface area contributed by atoms with Gasteiger partial charge in [0.25, 0.3) is 0 Å². The molecule has 19 heavy (non-hydrogen) atoms. The van der Waals surface area contributed by atoms with Gasteiger partial charge in [-0.1, -0.05) is 37.3 Å². The van der Waals surface area contributed by atoms with Gasteiger partial charge in [-0.3, -0.25) is 4.79 Å². The lowest BCUT2D eigenvalue weighted by Gasteiger charge is -2.15. The molecule has 0 spiro atoms. The van der Waals surface area contributed by atoms with Gasteiger partial charge in [0.2, 0.25) is 0 Å². The summed E-state index contributed by atoms with van der Waals surface area (Å²) in [6.07, 6.45) is 3.84. The maximum Gasteiger partial charge on any atom is 0.170 e. The monoisotopic (exact) mass is 254 g/mol. The maximum absolute atomic E-state index is 12.1. The van der Waals surface area contributed by atoms with Gasteiger partial charge >= 0.3 is 0 Å². The normalized spacial score (nSPS) is 18.1. The van der Waals surface area contributed by atoms with Gasteiger partial charge in [0, 0.05) is 17.2 Å². The van der Waals surface area contributed by atoms with E-state index in [1.165, 1.54) is 24.2 Å². The number of rotatable bonds is 3. The molecule has 2 aromatic rings. The molecule has 0 radical (unpaired) electrons. The minimum atomic E-state index is 0.124. The molecule has 0 saturated heterocycles. The van der Waals surface area contributed by atoms with Crippen LogP contribution < -0.4 is 0 Å². The van der Waals surface area contributed by atoms with Crippen LogP contribution in [-0.2, 0) is 12.8 Å². The minimum Gasteiger partial charge on any atom is -0.345 e. The highest BCUT2D eigenvalue weighted by Gasteiger charge is 2.21. The summed E-state index contributed by atoms with van der Waals surface area (Å²) in [7, 11) is 0. The molecule has 0 amide bonds. The van der Waals surface area contributed by atoms with E-state index in [9.17, 15) is 4.79 Å². The fourth-order valence-corrected chi connectivity index (χ4v) is 2.76. The average molecular weight is 254 g/mol. The second-order valence-corrected chi connectivity index (χ2v) is 5.31. The zero-order valence-electron chi connectivity index (χ0n) is 11.1. The van der Waals surface area contributed by atoms with Gasteiger partial charge in [-0.15, -0.1) is 0 Å². The van der Waals surface area contributed by atoms with E-state index in [-0.39, 0.29) is 5.78 Å². The third kappa shape index (κ3) is 2.46. The van der Waals surface area contributed by atoms with Crippen LogP contribution in [0.25, 0.3) is 0 Å².